The summed E-state index contributed by atoms with van der Waals surface area (Å²) in [6.45, 7) is 6.70. The van der Waals surface area contributed by atoms with Crippen molar-refractivity contribution in [3.63, 3.8) is 0 Å². The minimum absolute atomic E-state index is 0.0146. The smallest absolute Gasteiger partial charge is 0.261 e. The van der Waals surface area contributed by atoms with Gasteiger partial charge < -0.3 is 4.90 Å². The summed E-state index contributed by atoms with van der Waals surface area (Å²) in [4.78, 5) is 41.9. The van der Waals surface area contributed by atoms with Crippen LogP contribution in [0.25, 0.3) is 0 Å². The lowest BCUT2D eigenvalue weighted by molar-refractivity contribution is 0.0654. The van der Waals surface area contributed by atoms with E-state index in [-0.39, 0.29) is 36.2 Å². The Hall–Kier alpha value is -3.25. The molecule has 1 aliphatic rings. The second-order valence-electron chi connectivity index (χ2n) is 9.07. The molecule has 0 spiro atoms. The fourth-order valence-corrected chi connectivity index (χ4v) is 4.14. The van der Waals surface area contributed by atoms with Gasteiger partial charge in [0.25, 0.3) is 17.7 Å². The van der Waals surface area contributed by atoms with Gasteiger partial charge in [0.05, 0.1) is 11.1 Å². The molecule has 0 aromatic heterocycles. The Balaban J connectivity index is 1.62. The van der Waals surface area contributed by atoms with Gasteiger partial charge in [0.15, 0.2) is 0 Å². The predicted molar refractivity (Wildman–Crippen MR) is 133 cm³/mol. The first-order valence-electron chi connectivity index (χ1n) is 10.8. The molecule has 0 fully saturated rings. The van der Waals surface area contributed by atoms with Crippen LogP contribution in [-0.2, 0) is 5.41 Å². The number of carbonyl (C=O) groups excluding carboxylic acids is 3. The summed E-state index contributed by atoms with van der Waals surface area (Å²) in [6.07, 6.45) is 0. The van der Waals surface area contributed by atoms with Crippen molar-refractivity contribution < 1.29 is 14.4 Å². The first kappa shape index (κ1) is 22.9. The Morgan fingerprint density at radius 2 is 1.39 bits per heavy atom. The van der Waals surface area contributed by atoms with Crippen molar-refractivity contribution in [1.29, 1.82) is 0 Å². The molecule has 0 atom stereocenters. The number of amides is 3. The van der Waals surface area contributed by atoms with Crippen LogP contribution < -0.4 is 4.90 Å². The van der Waals surface area contributed by atoms with Crippen LogP contribution in [0.1, 0.15) is 57.4 Å². The lowest BCUT2D eigenvalue weighted by atomic mass is 9.87. The maximum atomic E-state index is 13.4. The number of anilines is 1. The lowest BCUT2D eigenvalue weighted by Gasteiger charge is -2.26. The average Bonchev–Trinajstić information content (AvgIpc) is 3.04. The van der Waals surface area contributed by atoms with E-state index < -0.39 is 0 Å². The molecule has 0 saturated carbocycles. The molecule has 3 aromatic carbocycles. The Bertz CT molecular complexity index is 1180. The summed E-state index contributed by atoms with van der Waals surface area (Å²) < 4.78 is 0.881. The highest BCUT2D eigenvalue weighted by Crippen LogP contribution is 2.27. The number of rotatable bonds is 5. The Kier molecular flexibility index (Phi) is 6.21. The number of imide groups is 1. The Morgan fingerprint density at radius 1 is 0.848 bits per heavy atom. The highest BCUT2D eigenvalue weighted by Gasteiger charge is 2.35. The largest absolute Gasteiger partial charge is 0.307 e. The first-order chi connectivity index (χ1) is 15.7. The Labute approximate surface area is 202 Å². The third-order valence-corrected chi connectivity index (χ3v) is 6.34. The lowest BCUT2D eigenvalue weighted by Crippen LogP contribution is -2.41. The van der Waals surface area contributed by atoms with E-state index in [0.717, 1.165) is 10.0 Å². The van der Waals surface area contributed by atoms with Crippen LogP contribution in [0.3, 0.4) is 0 Å². The summed E-state index contributed by atoms with van der Waals surface area (Å²) in [5.41, 5.74) is 3.19. The number of hydrogen-bond donors (Lipinski definition) is 0. The van der Waals surface area contributed by atoms with E-state index in [9.17, 15) is 14.4 Å². The summed E-state index contributed by atoms with van der Waals surface area (Å²) in [5, 5.41) is 0. The zero-order valence-electron chi connectivity index (χ0n) is 18.8. The minimum atomic E-state index is -0.324. The molecule has 0 bridgehead atoms. The van der Waals surface area contributed by atoms with E-state index >= 15 is 0 Å². The predicted octanol–water partition coefficient (Wildman–Crippen LogP) is 5.69. The molecule has 0 saturated heterocycles. The van der Waals surface area contributed by atoms with Crippen LogP contribution in [0, 0.1) is 0 Å². The molecule has 6 heteroatoms. The molecule has 0 aliphatic carbocycles. The van der Waals surface area contributed by atoms with Crippen molar-refractivity contribution >= 4 is 39.3 Å². The quantitative estimate of drug-likeness (QED) is 0.419. The van der Waals surface area contributed by atoms with Crippen molar-refractivity contribution in [2.45, 2.75) is 26.2 Å². The van der Waals surface area contributed by atoms with Crippen molar-refractivity contribution in [3.05, 3.63) is 99.5 Å². The zero-order chi connectivity index (χ0) is 23.8. The number of hydrogen-bond acceptors (Lipinski definition) is 3. The first-order valence-corrected chi connectivity index (χ1v) is 11.6. The van der Waals surface area contributed by atoms with Crippen LogP contribution in [0.15, 0.2) is 77.3 Å². The van der Waals surface area contributed by atoms with Gasteiger partial charge >= 0.3 is 0 Å². The molecule has 4 rings (SSSR count). The molecule has 168 valence electrons. The number of carbonyl (C=O) groups is 3. The van der Waals surface area contributed by atoms with Crippen molar-refractivity contribution in [3.8, 4) is 0 Å². The second kappa shape index (κ2) is 8.94. The standard InChI is InChI=1S/C27H25BrN2O3/c1-27(2,3)19-10-14-21(15-11-19)29(24(31)18-8-12-20(28)13-9-18)16-17-30-25(32)22-6-4-5-7-23(22)26(30)33/h4-15H,16-17H2,1-3H3. The van der Waals surface area contributed by atoms with Crippen LogP contribution in [0.4, 0.5) is 5.69 Å². The summed E-state index contributed by atoms with van der Waals surface area (Å²) >= 11 is 3.40. The summed E-state index contributed by atoms with van der Waals surface area (Å²) in [6, 6.07) is 21.8. The molecular weight excluding hydrogens is 480 g/mol. The van der Waals surface area contributed by atoms with Gasteiger partial charge in [-0.15, -0.1) is 0 Å². The minimum Gasteiger partial charge on any atom is -0.307 e. The molecule has 1 heterocycles. The summed E-state index contributed by atoms with van der Waals surface area (Å²) in [5.74, 6) is -0.841. The van der Waals surface area contributed by atoms with Crippen molar-refractivity contribution in [2.75, 3.05) is 18.0 Å². The van der Waals surface area contributed by atoms with Crippen LogP contribution in [0.5, 0.6) is 0 Å². The zero-order valence-corrected chi connectivity index (χ0v) is 20.4. The van der Waals surface area contributed by atoms with Gasteiger partial charge in [0.2, 0.25) is 0 Å². The number of fused-ring (bicyclic) bond motifs is 1. The van der Waals surface area contributed by atoms with Gasteiger partial charge in [-0.05, 0) is 59.5 Å². The second-order valence-corrected chi connectivity index (χ2v) is 9.98. The Morgan fingerprint density at radius 3 is 1.91 bits per heavy atom. The van der Waals surface area contributed by atoms with Crippen LogP contribution in [-0.4, -0.2) is 35.7 Å². The van der Waals surface area contributed by atoms with Gasteiger partial charge in [0, 0.05) is 28.8 Å². The molecule has 0 radical (unpaired) electrons. The number of benzene rings is 3. The average molecular weight is 505 g/mol. The van der Waals surface area contributed by atoms with E-state index in [1.165, 1.54) is 4.90 Å². The highest BCUT2D eigenvalue weighted by atomic mass is 79.9. The molecule has 0 unspecified atom stereocenters. The normalized spacial score (nSPS) is 13.3. The van der Waals surface area contributed by atoms with Gasteiger partial charge in [-0.2, -0.15) is 0 Å². The SMILES string of the molecule is CC(C)(C)c1ccc(N(CCN2C(=O)c3ccccc3C2=O)C(=O)c2ccc(Br)cc2)cc1. The maximum absolute atomic E-state index is 13.4. The van der Waals surface area contributed by atoms with Gasteiger partial charge in [-0.3, -0.25) is 19.3 Å². The van der Waals surface area contributed by atoms with Crippen molar-refractivity contribution in [2.24, 2.45) is 0 Å². The molecule has 3 amide bonds. The monoisotopic (exact) mass is 504 g/mol. The van der Waals surface area contributed by atoms with Crippen molar-refractivity contribution in [1.82, 2.24) is 4.90 Å². The third kappa shape index (κ3) is 4.62. The van der Waals surface area contributed by atoms with Gasteiger partial charge in [0.1, 0.15) is 0 Å². The number of nitrogens with zero attached hydrogens (tertiary/aromatic N) is 2. The summed E-state index contributed by atoms with van der Waals surface area (Å²) in [7, 11) is 0. The van der Waals surface area contributed by atoms with E-state index in [1.54, 1.807) is 41.3 Å². The van der Waals surface area contributed by atoms with E-state index in [0.29, 0.717) is 22.4 Å². The molecule has 33 heavy (non-hydrogen) atoms. The van der Waals surface area contributed by atoms with E-state index in [1.807, 2.05) is 36.4 Å². The van der Waals surface area contributed by atoms with Crippen LogP contribution in [0.2, 0.25) is 0 Å². The highest BCUT2D eigenvalue weighted by molar-refractivity contribution is 9.10. The van der Waals surface area contributed by atoms with E-state index in [2.05, 4.69) is 36.7 Å². The molecule has 5 nitrogen and oxygen atoms in total. The molecule has 1 aliphatic heterocycles. The topological polar surface area (TPSA) is 57.7 Å². The fourth-order valence-electron chi connectivity index (χ4n) is 3.88. The van der Waals surface area contributed by atoms with Gasteiger partial charge in [-0.25, -0.2) is 0 Å². The van der Waals surface area contributed by atoms with Gasteiger partial charge in [-0.1, -0.05) is 61.0 Å². The molecule has 0 N–H and O–H groups in total. The third-order valence-electron chi connectivity index (χ3n) is 5.81. The van der Waals surface area contributed by atoms with E-state index in [4.69, 9.17) is 0 Å². The maximum Gasteiger partial charge on any atom is 0.261 e. The molecule has 3 aromatic rings. The van der Waals surface area contributed by atoms with Crippen LogP contribution >= 0.6 is 15.9 Å². The number of halogens is 1. The fraction of sp³-hybridized carbons (Fsp3) is 0.222. The molecular formula is C27H25BrN2O3.